The zero-order valence-electron chi connectivity index (χ0n) is 17.5. The van der Waals surface area contributed by atoms with E-state index in [-0.39, 0.29) is 23.5 Å². The number of hydrogen-bond acceptors (Lipinski definition) is 7. The zero-order chi connectivity index (χ0) is 21.3. The molecule has 0 aromatic carbocycles. The predicted octanol–water partition coefficient (Wildman–Crippen LogP) is 0.424. The van der Waals surface area contributed by atoms with Gasteiger partial charge in [0.1, 0.15) is 16.5 Å². The van der Waals surface area contributed by atoms with E-state index in [1.165, 1.54) is 0 Å². The topological polar surface area (TPSA) is 123 Å². The molecule has 2 saturated heterocycles. The Kier molecular flexibility index (Phi) is 6.57. The second-order valence-electron chi connectivity index (χ2n) is 9.23. The van der Waals surface area contributed by atoms with E-state index in [4.69, 9.17) is 15.2 Å². The van der Waals surface area contributed by atoms with Crippen molar-refractivity contribution in [2.45, 2.75) is 69.7 Å². The van der Waals surface area contributed by atoms with Crippen molar-refractivity contribution in [3.63, 3.8) is 0 Å². The molecule has 2 aliphatic rings. The van der Waals surface area contributed by atoms with Gasteiger partial charge in [-0.25, -0.2) is 4.79 Å². The first-order valence-electron chi connectivity index (χ1n) is 9.33. The maximum atomic E-state index is 12.6. The molecule has 0 bridgehead atoms. The Morgan fingerprint density at radius 1 is 1.21 bits per heavy atom. The average molecular weight is 417 g/mol. The normalized spacial score (nSPS) is 22.5. The van der Waals surface area contributed by atoms with E-state index in [0.29, 0.717) is 18.8 Å². The Morgan fingerprint density at radius 3 is 2.32 bits per heavy atom. The monoisotopic (exact) mass is 416 g/mol. The number of primary amides is 1. The lowest BCUT2D eigenvalue weighted by Crippen LogP contribution is -2.68. The quantitative estimate of drug-likeness (QED) is 0.594. The molecule has 0 aromatic heterocycles. The van der Waals surface area contributed by atoms with Gasteiger partial charge in [0.15, 0.2) is 0 Å². The summed E-state index contributed by atoms with van der Waals surface area (Å²) in [6.07, 6.45) is -0.360. The smallest absolute Gasteiger partial charge is 0.410 e. The molecule has 0 saturated carbocycles. The zero-order valence-corrected chi connectivity index (χ0v) is 18.3. The molecule has 28 heavy (non-hydrogen) atoms. The van der Waals surface area contributed by atoms with Crippen LogP contribution in [-0.2, 0) is 19.1 Å². The van der Waals surface area contributed by atoms with E-state index in [1.54, 1.807) is 16.7 Å². The molecule has 3 amide bonds. The fraction of sp³-hybridized carbons (Fsp3) is 0.833. The number of ether oxygens (including phenoxy) is 2. The van der Waals surface area contributed by atoms with E-state index in [9.17, 15) is 14.4 Å². The van der Waals surface area contributed by atoms with Gasteiger partial charge < -0.3 is 25.4 Å². The van der Waals surface area contributed by atoms with Crippen LogP contribution in [0.4, 0.5) is 4.79 Å². The SMILES string of the molecule is CC(C)(C)OC[C@H](NC(=O)[C@@H]1CSC2(CN(C(=O)OC(C)(C)C)C2)N1)C(N)=O. The highest BCUT2D eigenvalue weighted by atomic mass is 32.2. The van der Waals surface area contributed by atoms with Crippen molar-refractivity contribution < 1.29 is 23.9 Å². The van der Waals surface area contributed by atoms with Crippen LogP contribution in [0.2, 0.25) is 0 Å². The van der Waals surface area contributed by atoms with Crippen molar-refractivity contribution in [2.24, 2.45) is 5.73 Å². The largest absolute Gasteiger partial charge is 0.444 e. The summed E-state index contributed by atoms with van der Waals surface area (Å²) >= 11 is 1.59. The van der Waals surface area contributed by atoms with Gasteiger partial charge in [0.2, 0.25) is 11.8 Å². The lowest BCUT2D eigenvalue weighted by atomic mass is 10.1. The molecule has 0 aliphatic carbocycles. The fourth-order valence-corrected chi connectivity index (χ4v) is 4.23. The standard InChI is InChI=1S/C18H32N4O5S/c1-16(2,3)26-7-11(13(19)23)20-14(24)12-8-28-18(21-12)9-22(10-18)15(25)27-17(4,5)6/h11-12,21H,7-10H2,1-6H3,(H2,19,23)(H,20,24)/t11-,12-/m0/s1. The van der Waals surface area contributed by atoms with Crippen molar-refractivity contribution in [1.82, 2.24) is 15.5 Å². The summed E-state index contributed by atoms with van der Waals surface area (Å²) in [6, 6.07) is -1.36. The predicted molar refractivity (Wildman–Crippen MR) is 107 cm³/mol. The van der Waals surface area contributed by atoms with E-state index in [0.717, 1.165) is 0 Å². The van der Waals surface area contributed by atoms with Gasteiger partial charge in [-0.2, -0.15) is 0 Å². The summed E-state index contributed by atoms with van der Waals surface area (Å²) in [6.45, 7) is 12.0. The number of amides is 3. The minimum Gasteiger partial charge on any atom is -0.444 e. The van der Waals surface area contributed by atoms with Crippen LogP contribution in [0, 0.1) is 0 Å². The first kappa shape index (κ1) is 22.8. The minimum atomic E-state index is -0.894. The van der Waals surface area contributed by atoms with Crippen LogP contribution >= 0.6 is 11.8 Å². The number of nitrogens with zero attached hydrogens (tertiary/aromatic N) is 1. The van der Waals surface area contributed by atoms with Gasteiger partial charge >= 0.3 is 6.09 Å². The van der Waals surface area contributed by atoms with Crippen LogP contribution < -0.4 is 16.4 Å². The number of rotatable bonds is 5. The molecule has 0 radical (unpaired) electrons. The number of nitrogens with one attached hydrogen (secondary N) is 2. The minimum absolute atomic E-state index is 0.0159. The number of likely N-dealkylation sites (tertiary alicyclic amines) is 1. The Bertz CT molecular complexity index is 622. The average Bonchev–Trinajstić information content (AvgIpc) is 2.92. The summed E-state index contributed by atoms with van der Waals surface area (Å²) in [7, 11) is 0. The van der Waals surface area contributed by atoms with Gasteiger partial charge in [0.25, 0.3) is 0 Å². The molecule has 0 aromatic rings. The highest BCUT2D eigenvalue weighted by molar-refractivity contribution is 8.01. The van der Waals surface area contributed by atoms with Crippen LogP contribution in [0.3, 0.4) is 0 Å². The summed E-state index contributed by atoms with van der Waals surface area (Å²) in [5, 5.41) is 5.94. The molecule has 4 N–H and O–H groups in total. The summed E-state index contributed by atoms with van der Waals surface area (Å²) in [4.78, 5) is 37.5. The van der Waals surface area contributed by atoms with Crippen LogP contribution in [0.1, 0.15) is 41.5 Å². The molecule has 2 rings (SSSR count). The summed E-state index contributed by atoms with van der Waals surface area (Å²) in [5.41, 5.74) is 4.40. The first-order chi connectivity index (χ1) is 12.7. The van der Waals surface area contributed by atoms with Crippen molar-refractivity contribution in [2.75, 3.05) is 25.4 Å². The number of carbonyl (C=O) groups excluding carboxylic acids is 3. The van der Waals surface area contributed by atoms with Crippen LogP contribution in [0.25, 0.3) is 0 Å². The van der Waals surface area contributed by atoms with Crippen molar-refractivity contribution in [1.29, 1.82) is 0 Å². The first-order valence-corrected chi connectivity index (χ1v) is 10.3. The summed E-state index contributed by atoms with van der Waals surface area (Å²) in [5.74, 6) is -0.404. The highest BCUT2D eigenvalue weighted by Crippen LogP contribution is 2.39. The van der Waals surface area contributed by atoms with E-state index < -0.39 is 29.2 Å². The molecular formula is C18H32N4O5S. The molecule has 0 unspecified atom stereocenters. The molecular weight excluding hydrogens is 384 g/mol. The maximum absolute atomic E-state index is 12.6. The molecule has 9 nitrogen and oxygen atoms in total. The maximum Gasteiger partial charge on any atom is 0.410 e. The van der Waals surface area contributed by atoms with Gasteiger partial charge in [0, 0.05) is 5.75 Å². The molecule has 1 spiro atoms. The highest BCUT2D eigenvalue weighted by Gasteiger charge is 2.52. The third kappa shape index (κ3) is 6.25. The molecule has 160 valence electrons. The Hall–Kier alpha value is -1.52. The second kappa shape index (κ2) is 8.08. The fourth-order valence-electron chi connectivity index (χ4n) is 2.79. The Balaban J connectivity index is 1.84. The Morgan fingerprint density at radius 2 is 1.82 bits per heavy atom. The van der Waals surface area contributed by atoms with E-state index in [1.807, 2.05) is 41.5 Å². The number of thioether (sulfide) groups is 1. The van der Waals surface area contributed by atoms with Crippen LogP contribution in [-0.4, -0.2) is 76.4 Å². The Labute approximate surface area is 170 Å². The lowest BCUT2D eigenvalue weighted by Gasteiger charge is -2.47. The third-order valence-corrected chi connectivity index (χ3v) is 5.60. The van der Waals surface area contributed by atoms with Crippen molar-refractivity contribution in [3.05, 3.63) is 0 Å². The lowest BCUT2D eigenvalue weighted by molar-refractivity contribution is -0.131. The van der Waals surface area contributed by atoms with Crippen LogP contribution in [0.15, 0.2) is 0 Å². The third-order valence-electron chi connectivity index (χ3n) is 4.17. The second-order valence-corrected chi connectivity index (χ2v) is 10.6. The molecule has 10 heteroatoms. The molecule has 2 atom stereocenters. The van der Waals surface area contributed by atoms with Gasteiger partial charge in [-0.1, -0.05) is 0 Å². The molecule has 2 fully saturated rings. The molecule has 2 aliphatic heterocycles. The number of hydrogen-bond donors (Lipinski definition) is 3. The van der Waals surface area contributed by atoms with E-state index in [2.05, 4.69) is 10.6 Å². The van der Waals surface area contributed by atoms with Gasteiger partial charge in [-0.15, -0.1) is 11.8 Å². The molecule has 2 heterocycles. The van der Waals surface area contributed by atoms with Gasteiger partial charge in [-0.05, 0) is 41.5 Å². The summed E-state index contributed by atoms with van der Waals surface area (Å²) < 4.78 is 10.9. The van der Waals surface area contributed by atoms with Crippen molar-refractivity contribution in [3.8, 4) is 0 Å². The van der Waals surface area contributed by atoms with Gasteiger partial charge in [-0.3, -0.25) is 14.9 Å². The van der Waals surface area contributed by atoms with Crippen LogP contribution in [0.5, 0.6) is 0 Å². The number of nitrogens with two attached hydrogens (primary N) is 1. The van der Waals surface area contributed by atoms with Crippen molar-refractivity contribution >= 4 is 29.7 Å². The van der Waals surface area contributed by atoms with Gasteiger partial charge in [0.05, 0.1) is 31.3 Å². The number of carbonyl (C=O) groups is 3. The van der Waals surface area contributed by atoms with E-state index >= 15 is 0 Å².